The molecule has 4 aromatic rings. The van der Waals surface area contributed by atoms with Crippen LogP contribution in [-0.2, 0) is 12.8 Å². The van der Waals surface area contributed by atoms with Crippen LogP contribution in [0.1, 0.15) is 20.8 Å². The summed E-state index contributed by atoms with van der Waals surface area (Å²) in [6, 6.07) is 12.3. The lowest BCUT2D eigenvalue weighted by atomic mass is 10.1. The van der Waals surface area contributed by atoms with E-state index in [1.54, 1.807) is 17.0 Å². The first kappa shape index (κ1) is 20.4. The van der Waals surface area contributed by atoms with Crippen molar-refractivity contribution < 1.29 is 22.7 Å². The van der Waals surface area contributed by atoms with Crippen LogP contribution >= 0.6 is 27.3 Å². The number of alkyl halides is 3. The molecule has 0 aliphatic rings. The van der Waals surface area contributed by atoms with E-state index < -0.39 is 17.6 Å². The van der Waals surface area contributed by atoms with Gasteiger partial charge < -0.3 is 10.5 Å². The smallest absolute Gasteiger partial charge is 0.416 e. The maximum Gasteiger partial charge on any atom is 0.416 e. The Kier molecular flexibility index (Phi) is 5.29. The van der Waals surface area contributed by atoms with Crippen LogP contribution in [-0.4, -0.2) is 15.5 Å². The molecule has 0 spiro atoms. The van der Waals surface area contributed by atoms with Gasteiger partial charge in [0.2, 0.25) is 0 Å². The quantitative estimate of drug-likeness (QED) is 0.394. The first-order chi connectivity index (χ1) is 14.2. The maximum atomic E-state index is 13.2. The number of hydrogen-bond acceptors (Lipinski definition) is 4. The van der Waals surface area contributed by atoms with Crippen molar-refractivity contribution in [1.82, 2.24) is 9.55 Å². The van der Waals surface area contributed by atoms with Gasteiger partial charge in [0.05, 0.1) is 16.6 Å². The molecule has 1 amide bonds. The summed E-state index contributed by atoms with van der Waals surface area (Å²) < 4.78 is 47.8. The molecule has 5 nitrogen and oxygen atoms in total. The summed E-state index contributed by atoms with van der Waals surface area (Å²) in [7, 11) is 0. The predicted molar refractivity (Wildman–Crippen MR) is 111 cm³/mol. The van der Waals surface area contributed by atoms with Crippen molar-refractivity contribution in [3.05, 3.63) is 75.3 Å². The number of nitrogens with two attached hydrogens (primary N) is 1. The maximum absolute atomic E-state index is 13.2. The number of thiophene rings is 1. The van der Waals surface area contributed by atoms with Crippen LogP contribution in [0.25, 0.3) is 16.0 Å². The van der Waals surface area contributed by atoms with Gasteiger partial charge in [0, 0.05) is 16.1 Å². The zero-order valence-corrected chi connectivity index (χ0v) is 17.5. The first-order valence-electron chi connectivity index (χ1n) is 8.58. The lowest BCUT2D eigenvalue weighted by molar-refractivity contribution is -0.138. The molecule has 2 aromatic heterocycles. The van der Waals surface area contributed by atoms with Gasteiger partial charge in [-0.2, -0.15) is 13.2 Å². The molecule has 0 bridgehead atoms. The third kappa shape index (κ3) is 3.92. The van der Waals surface area contributed by atoms with Gasteiger partial charge in [-0.1, -0.05) is 34.1 Å². The fraction of sp³-hybridized carbons (Fsp3) is 0.100. The first-order valence-corrected chi connectivity index (χ1v) is 10.2. The Morgan fingerprint density at radius 2 is 1.97 bits per heavy atom. The fourth-order valence-corrected chi connectivity index (χ4v) is 4.28. The van der Waals surface area contributed by atoms with E-state index in [0.717, 1.165) is 32.9 Å². The van der Waals surface area contributed by atoms with E-state index in [1.807, 2.05) is 18.2 Å². The largest absolute Gasteiger partial charge is 0.487 e. The van der Waals surface area contributed by atoms with Crippen LogP contribution in [0.15, 0.2) is 59.3 Å². The van der Waals surface area contributed by atoms with Gasteiger partial charge >= 0.3 is 6.18 Å². The monoisotopic (exact) mass is 495 g/mol. The molecule has 0 fully saturated rings. The average Bonchev–Trinajstić information content (AvgIpc) is 3.29. The fourth-order valence-electron chi connectivity index (χ4n) is 2.99. The highest BCUT2D eigenvalue weighted by atomic mass is 79.9. The topological polar surface area (TPSA) is 70.1 Å². The van der Waals surface area contributed by atoms with Crippen molar-refractivity contribution in [2.75, 3.05) is 0 Å². The number of carbonyl (C=O) groups is 1. The Morgan fingerprint density at radius 3 is 2.70 bits per heavy atom. The number of nitrogens with zero attached hydrogens (tertiary/aromatic N) is 2. The Labute approximate surface area is 181 Å². The number of imidazole rings is 1. The number of primary amides is 1. The van der Waals surface area contributed by atoms with Gasteiger partial charge in [-0.3, -0.25) is 9.36 Å². The Bertz CT molecular complexity index is 1250. The summed E-state index contributed by atoms with van der Waals surface area (Å²) in [5.74, 6) is -0.604. The number of benzene rings is 2. The molecule has 154 valence electrons. The van der Waals surface area contributed by atoms with E-state index in [1.165, 1.54) is 18.2 Å². The second-order valence-electron chi connectivity index (χ2n) is 6.33. The third-order valence-electron chi connectivity index (χ3n) is 4.36. The summed E-state index contributed by atoms with van der Waals surface area (Å²) in [6.45, 7) is -0.359. The summed E-state index contributed by atoms with van der Waals surface area (Å²) in [4.78, 5) is 16.3. The van der Waals surface area contributed by atoms with E-state index in [2.05, 4.69) is 20.9 Å². The van der Waals surface area contributed by atoms with Crippen LogP contribution < -0.4 is 10.5 Å². The lowest BCUT2D eigenvalue weighted by Gasteiger charge is -2.13. The lowest BCUT2D eigenvalue weighted by Crippen LogP contribution is -2.13. The molecule has 30 heavy (non-hydrogen) atoms. The summed E-state index contributed by atoms with van der Waals surface area (Å²) >= 11 is 4.49. The Balaban J connectivity index is 1.69. The normalized spacial score (nSPS) is 11.7. The van der Waals surface area contributed by atoms with E-state index in [4.69, 9.17) is 10.5 Å². The van der Waals surface area contributed by atoms with E-state index in [0.29, 0.717) is 5.00 Å². The zero-order chi connectivity index (χ0) is 21.5. The van der Waals surface area contributed by atoms with Gasteiger partial charge in [-0.05, 0) is 24.3 Å². The molecular weight excluding hydrogens is 483 g/mol. The molecule has 0 saturated heterocycles. The molecule has 0 unspecified atom stereocenters. The van der Waals surface area contributed by atoms with Gasteiger partial charge in [0.1, 0.15) is 28.6 Å². The number of rotatable bonds is 5. The Hall–Kier alpha value is -2.85. The second kappa shape index (κ2) is 7.77. The number of hydrogen-bond donors (Lipinski definition) is 1. The second-order valence-corrected chi connectivity index (χ2v) is 8.28. The number of amides is 1. The summed E-state index contributed by atoms with van der Waals surface area (Å²) in [5, 5.41) is 0.600. The molecule has 0 aliphatic heterocycles. The minimum atomic E-state index is -4.50. The number of halogens is 4. The van der Waals surface area contributed by atoms with Gasteiger partial charge in [-0.25, -0.2) is 4.98 Å². The van der Waals surface area contributed by atoms with Crippen molar-refractivity contribution >= 4 is 44.2 Å². The standard InChI is InChI=1S/C20H13BrF3N3O2S/c21-12-5-6-14-15(7-12)27(10-26-14)17-8-16(18(30-17)19(25)28)29-9-11-3-1-2-4-13(11)20(22,23)24/h1-8,10H,9H2,(H2,25,28). The van der Waals surface area contributed by atoms with Crippen molar-refractivity contribution in [3.63, 3.8) is 0 Å². The van der Waals surface area contributed by atoms with E-state index >= 15 is 0 Å². The van der Waals surface area contributed by atoms with E-state index in [9.17, 15) is 18.0 Å². The van der Waals surface area contributed by atoms with Gasteiger partial charge in [-0.15, -0.1) is 11.3 Å². The molecule has 0 saturated carbocycles. The SMILES string of the molecule is NC(=O)c1sc(-n2cnc3ccc(Br)cc32)cc1OCc1ccccc1C(F)(F)F. The molecule has 0 atom stereocenters. The predicted octanol–water partition coefficient (Wildman–Crippen LogP) is 5.55. The van der Waals surface area contributed by atoms with Gasteiger partial charge in [0.25, 0.3) is 5.91 Å². The van der Waals surface area contributed by atoms with Crippen molar-refractivity contribution in [2.45, 2.75) is 12.8 Å². The third-order valence-corrected chi connectivity index (χ3v) is 5.98. The summed E-state index contributed by atoms with van der Waals surface area (Å²) in [5.41, 5.74) is 6.17. The van der Waals surface area contributed by atoms with Crippen LogP contribution in [0.3, 0.4) is 0 Å². The highest BCUT2D eigenvalue weighted by molar-refractivity contribution is 9.10. The number of fused-ring (bicyclic) bond motifs is 1. The number of aromatic nitrogens is 2. The highest BCUT2D eigenvalue weighted by Gasteiger charge is 2.33. The minimum absolute atomic E-state index is 0.0369. The molecule has 10 heteroatoms. The van der Waals surface area contributed by atoms with E-state index in [-0.39, 0.29) is 22.8 Å². The zero-order valence-electron chi connectivity index (χ0n) is 15.1. The molecule has 2 aromatic carbocycles. The summed E-state index contributed by atoms with van der Waals surface area (Å²) in [6.07, 6.45) is -2.91. The van der Waals surface area contributed by atoms with Crippen LogP contribution in [0.5, 0.6) is 5.75 Å². The average molecular weight is 496 g/mol. The molecule has 0 aliphatic carbocycles. The van der Waals surface area contributed by atoms with Crippen LogP contribution in [0.4, 0.5) is 13.2 Å². The van der Waals surface area contributed by atoms with Crippen molar-refractivity contribution in [2.24, 2.45) is 5.73 Å². The molecule has 4 rings (SSSR count). The highest BCUT2D eigenvalue weighted by Crippen LogP contribution is 2.36. The molecular formula is C20H13BrF3N3O2S. The molecule has 2 N–H and O–H groups in total. The molecule has 2 heterocycles. The molecule has 0 radical (unpaired) electrons. The van der Waals surface area contributed by atoms with Crippen molar-refractivity contribution in [3.8, 4) is 10.8 Å². The minimum Gasteiger partial charge on any atom is -0.487 e. The van der Waals surface area contributed by atoms with Crippen molar-refractivity contribution in [1.29, 1.82) is 0 Å². The van der Waals surface area contributed by atoms with Crippen LogP contribution in [0.2, 0.25) is 0 Å². The number of carbonyl (C=O) groups excluding carboxylic acids is 1. The Morgan fingerprint density at radius 1 is 1.20 bits per heavy atom. The van der Waals surface area contributed by atoms with Crippen LogP contribution in [0, 0.1) is 0 Å². The van der Waals surface area contributed by atoms with Gasteiger partial charge in [0.15, 0.2) is 0 Å². The number of ether oxygens (including phenoxy) is 1.